The van der Waals surface area contributed by atoms with Crippen molar-refractivity contribution in [2.24, 2.45) is 0 Å². The number of amides is 3. The number of hydrogen-bond donors (Lipinski definition) is 4. The van der Waals surface area contributed by atoms with Gasteiger partial charge in [-0.3, -0.25) is 4.79 Å². The van der Waals surface area contributed by atoms with Crippen LogP contribution in [0, 0.1) is 0 Å². The van der Waals surface area contributed by atoms with Gasteiger partial charge in [0.15, 0.2) is 6.10 Å². The van der Waals surface area contributed by atoms with Crippen LogP contribution in [0.5, 0.6) is 0 Å². The third-order valence-corrected chi connectivity index (χ3v) is 1.83. The average Bonchev–Trinajstić information content (AvgIpc) is 2.25. The molecule has 0 radical (unpaired) electrons. The van der Waals surface area contributed by atoms with E-state index in [1.807, 2.05) is 0 Å². The number of nitrogens with zero attached hydrogens (tertiary/aromatic N) is 1. The number of rotatable bonds is 6. The number of likely N-dealkylation sites (N-methyl/N-ethyl adjacent to an activating group) is 2. The molecule has 0 heterocycles. The first-order valence-electron chi connectivity index (χ1n) is 5.05. The summed E-state index contributed by atoms with van der Waals surface area (Å²) in [6.07, 6.45) is -1.66. The van der Waals surface area contributed by atoms with Gasteiger partial charge in [0.1, 0.15) is 6.54 Å². The van der Waals surface area contributed by atoms with Gasteiger partial charge in [-0.25, -0.2) is 9.59 Å². The van der Waals surface area contributed by atoms with Gasteiger partial charge in [-0.15, -0.1) is 0 Å². The second kappa shape index (κ2) is 7.44. The molecule has 0 aromatic heterocycles. The fraction of sp³-hybridized carbons (Fsp3) is 0.667. The Labute approximate surface area is 98.6 Å². The van der Waals surface area contributed by atoms with E-state index >= 15 is 0 Å². The van der Waals surface area contributed by atoms with Crippen molar-refractivity contribution in [3.05, 3.63) is 0 Å². The van der Waals surface area contributed by atoms with Gasteiger partial charge in [-0.05, 0) is 6.92 Å². The number of carbonyl (C=O) groups excluding carboxylic acids is 2. The first-order valence-corrected chi connectivity index (χ1v) is 5.05. The normalized spacial score (nSPS) is 11.5. The number of carboxylic acids is 1. The molecule has 98 valence electrons. The van der Waals surface area contributed by atoms with Gasteiger partial charge >= 0.3 is 12.0 Å². The Bertz CT molecular complexity index is 294. The van der Waals surface area contributed by atoms with E-state index in [1.165, 1.54) is 7.05 Å². The predicted molar refractivity (Wildman–Crippen MR) is 58.4 cm³/mol. The Morgan fingerprint density at radius 3 is 2.35 bits per heavy atom. The average molecular weight is 247 g/mol. The van der Waals surface area contributed by atoms with E-state index in [2.05, 4.69) is 10.6 Å². The molecule has 0 rings (SSSR count). The minimum atomic E-state index is -1.66. The van der Waals surface area contributed by atoms with E-state index in [-0.39, 0.29) is 12.5 Å². The van der Waals surface area contributed by atoms with Crippen molar-refractivity contribution in [2.75, 3.05) is 26.7 Å². The third-order valence-electron chi connectivity index (χ3n) is 1.83. The van der Waals surface area contributed by atoms with Gasteiger partial charge in [-0.2, -0.15) is 0 Å². The highest BCUT2D eigenvalue weighted by molar-refractivity contribution is 5.84. The molecule has 0 aliphatic carbocycles. The number of aliphatic carboxylic acids is 1. The lowest BCUT2D eigenvalue weighted by molar-refractivity contribution is -0.146. The number of aliphatic hydroxyl groups excluding tert-OH is 1. The summed E-state index contributed by atoms with van der Waals surface area (Å²) in [4.78, 5) is 33.8. The molecule has 0 aromatic rings. The predicted octanol–water partition coefficient (Wildman–Crippen LogP) is -1.79. The molecular weight excluding hydrogens is 230 g/mol. The second-order valence-corrected chi connectivity index (χ2v) is 3.35. The van der Waals surface area contributed by atoms with Crippen LogP contribution in [0.2, 0.25) is 0 Å². The zero-order valence-electron chi connectivity index (χ0n) is 9.77. The molecule has 0 saturated carbocycles. The second-order valence-electron chi connectivity index (χ2n) is 3.35. The Morgan fingerprint density at radius 2 is 1.88 bits per heavy atom. The standard InChI is InChI=1S/C9H17N3O5/c1-3-10-7(14)5-12(2)9(17)11-4-6(13)8(15)16/h6,13H,3-5H2,1-2H3,(H,10,14)(H,11,17)(H,15,16)/t6-/m0/s1. The summed E-state index contributed by atoms with van der Waals surface area (Å²) in [7, 11) is 1.39. The Morgan fingerprint density at radius 1 is 1.29 bits per heavy atom. The topological polar surface area (TPSA) is 119 Å². The summed E-state index contributed by atoms with van der Waals surface area (Å²) < 4.78 is 0. The number of carboxylic acid groups (broad SMARTS) is 1. The van der Waals surface area contributed by atoms with Gasteiger partial charge in [0, 0.05) is 13.6 Å². The summed E-state index contributed by atoms with van der Waals surface area (Å²) in [5, 5.41) is 22.0. The summed E-state index contributed by atoms with van der Waals surface area (Å²) >= 11 is 0. The van der Waals surface area contributed by atoms with E-state index in [4.69, 9.17) is 10.2 Å². The van der Waals surface area contributed by atoms with Crippen molar-refractivity contribution in [1.82, 2.24) is 15.5 Å². The van der Waals surface area contributed by atoms with Crippen LogP contribution in [-0.2, 0) is 9.59 Å². The van der Waals surface area contributed by atoms with Crippen LogP contribution in [0.3, 0.4) is 0 Å². The van der Waals surface area contributed by atoms with Crippen LogP contribution >= 0.6 is 0 Å². The van der Waals surface area contributed by atoms with Gasteiger partial charge in [0.25, 0.3) is 0 Å². The Kier molecular flexibility index (Phi) is 6.64. The maximum atomic E-state index is 11.3. The van der Waals surface area contributed by atoms with Crippen molar-refractivity contribution in [1.29, 1.82) is 0 Å². The first-order chi connectivity index (χ1) is 7.88. The van der Waals surface area contributed by atoms with E-state index in [9.17, 15) is 14.4 Å². The largest absolute Gasteiger partial charge is 0.479 e. The molecule has 0 saturated heterocycles. The molecule has 0 unspecified atom stereocenters. The zero-order valence-corrected chi connectivity index (χ0v) is 9.77. The van der Waals surface area contributed by atoms with Crippen molar-refractivity contribution in [3.8, 4) is 0 Å². The Hall–Kier alpha value is -1.83. The summed E-state index contributed by atoms with van der Waals surface area (Å²) in [5.41, 5.74) is 0. The van der Waals surface area contributed by atoms with E-state index in [1.54, 1.807) is 6.92 Å². The molecule has 8 heteroatoms. The van der Waals surface area contributed by atoms with Gasteiger partial charge in [-0.1, -0.05) is 0 Å². The van der Waals surface area contributed by atoms with Gasteiger partial charge in [0.05, 0.1) is 6.54 Å². The number of urea groups is 1. The van der Waals surface area contributed by atoms with Gasteiger partial charge < -0.3 is 25.7 Å². The smallest absolute Gasteiger partial charge is 0.334 e. The molecule has 0 aromatic carbocycles. The highest BCUT2D eigenvalue weighted by atomic mass is 16.4. The molecule has 8 nitrogen and oxygen atoms in total. The molecule has 0 fully saturated rings. The molecule has 0 aliphatic heterocycles. The van der Waals surface area contributed by atoms with Gasteiger partial charge in [0.2, 0.25) is 5.91 Å². The number of hydrogen-bond acceptors (Lipinski definition) is 4. The highest BCUT2D eigenvalue weighted by Gasteiger charge is 2.17. The van der Waals surface area contributed by atoms with E-state index in [0.717, 1.165) is 4.90 Å². The van der Waals surface area contributed by atoms with Crippen molar-refractivity contribution >= 4 is 17.9 Å². The van der Waals surface area contributed by atoms with Crippen molar-refractivity contribution < 1.29 is 24.6 Å². The van der Waals surface area contributed by atoms with E-state index in [0.29, 0.717) is 6.54 Å². The summed E-state index contributed by atoms with van der Waals surface area (Å²) in [6.45, 7) is 1.67. The molecule has 0 bridgehead atoms. The maximum absolute atomic E-state index is 11.3. The summed E-state index contributed by atoms with van der Waals surface area (Å²) in [6, 6.07) is -0.628. The van der Waals surface area contributed by atoms with Crippen LogP contribution in [0.15, 0.2) is 0 Å². The van der Waals surface area contributed by atoms with Crippen LogP contribution in [-0.4, -0.2) is 65.8 Å². The third kappa shape index (κ3) is 6.36. The number of nitrogens with one attached hydrogen (secondary N) is 2. The lowest BCUT2D eigenvalue weighted by Gasteiger charge is -2.17. The fourth-order valence-electron chi connectivity index (χ4n) is 0.947. The van der Waals surface area contributed by atoms with Crippen LogP contribution in [0.1, 0.15) is 6.92 Å². The maximum Gasteiger partial charge on any atom is 0.334 e. The molecule has 4 N–H and O–H groups in total. The molecule has 1 atom stereocenters. The lowest BCUT2D eigenvalue weighted by atomic mass is 10.3. The SMILES string of the molecule is CCNC(=O)CN(C)C(=O)NC[C@H](O)C(=O)O. The minimum Gasteiger partial charge on any atom is -0.479 e. The zero-order chi connectivity index (χ0) is 13.4. The first kappa shape index (κ1) is 15.2. The highest BCUT2D eigenvalue weighted by Crippen LogP contribution is 1.86. The molecule has 0 spiro atoms. The molecular formula is C9H17N3O5. The number of carbonyl (C=O) groups is 3. The summed E-state index contributed by atoms with van der Waals surface area (Å²) in [5.74, 6) is -1.74. The van der Waals surface area contributed by atoms with E-state index < -0.39 is 24.6 Å². The molecule has 17 heavy (non-hydrogen) atoms. The van der Waals surface area contributed by atoms with Crippen molar-refractivity contribution in [2.45, 2.75) is 13.0 Å². The van der Waals surface area contributed by atoms with Crippen LogP contribution in [0.4, 0.5) is 4.79 Å². The monoisotopic (exact) mass is 247 g/mol. The minimum absolute atomic E-state index is 0.136. The number of aliphatic hydroxyl groups is 1. The van der Waals surface area contributed by atoms with Crippen LogP contribution in [0.25, 0.3) is 0 Å². The Balaban J connectivity index is 3.97. The van der Waals surface area contributed by atoms with Crippen LogP contribution < -0.4 is 10.6 Å². The fourth-order valence-corrected chi connectivity index (χ4v) is 0.947. The lowest BCUT2D eigenvalue weighted by Crippen LogP contribution is -2.46. The van der Waals surface area contributed by atoms with Crippen molar-refractivity contribution in [3.63, 3.8) is 0 Å². The quantitative estimate of drug-likeness (QED) is 0.442. The molecule has 3 amide bonds. The molecule has 0 aliphatic rings.